The number of hydrogen-bond acceptors (Lipinski definition) is 3. The summed E-state index contributed by atoms with van der Waals surface area (Å²) in [6, 6.07) is 0. The molecular formula is C5H7BrO3. The van der Waals surface area contributed by atoms with E-state index in [1.54, 1.807) is 6.92 Å². The van der Waals surface area contributed by atoms with Gasteiger partial charge in [-0.25, -0.2) is 4.79 Å². The van der Waals surface area contributed by atoms with Crippen molar-refractivity contribution in [1.29, 1.82) is 0 Å². The Bertz CT molecular complexity index is 125. The Labute approximate surface area is 61.4 Å². The lowest BCUT2D eigenvalue weighted by Gasteiger charge is -2.04. The number of hydrogen-bond donors (Lipinski definition) is 0. The molecule has 0 spiro atoms. The van der Waals surface area contributed by atoms with Gasteiger partial charge in [0.1, 0.15) is 6.10 Å². The summed E-state index contributed by atoms with van der Waals surface area (Å²) in [7, 11) is 0. The van der Waals surface area contributed by atoms with Crippen molar-refractivity contribution in [3.63, 3.8) is 0 Å². The number of carbonyl (C=O) groups excluding carboxylic acids is 1. The van der Waals surface area contributed by atoms with Crippen LogP contribution in [0.15, 0.2) is 0 Å². The quantitative estimate of drug-likeness (QED) is 0.467. The van der Waals surface area contributed by atoms with Gasteiger partial charge >= 0.3 is 6.16 Å². The van der Waals surface area contributed by atoms with Crippen molar-refractivity contribution in [2.24, 2.45) is 0 Å². The Morgan fingerprint density at radius 1 is 1.67 bits per heavy atom. The van der Waals surface area contributed by atoms with Crippen LogP contribution in [0.3, 0.4) is 0 Å². The van der Waals surface area contributed by atoms with Crippen molar-refractivity contribution in [3.8, 4) is 0 Å². The number of halogens is 1. The molecule has 2 unspecified atom stereocenters. The number of ether oxygens (including phenoxy) is 2. The second-order valence-corrected chi connectivity index (χ2v) is 2.53. The number of rotatable bonds is 1. The summed E-state index contributed by atoms with van der Waals surface area (Å²) in [5.74, 6) is 0. The van der Waals surface area contributed by atoms with Crippen LogP contribution in [0.25, 0.3) is 0 Å². The molecule has 1 rings (SSSR count). The molecule has 0 aliphatic carbocycles. The second-order valence-electron chi connectivity index (χ2n) is 1.88. The van der Waals surface area contributed by atoms with Crippen molar-refractivity contribution >= 4 is 22.1 Å². The van der Waals surface area contributed by atoms with Crippen LogP contribution in [0.5, 0.6) is 0 Å². The molecule has 2 atom stereocenters. The van der Waals surface area contributed by atoms with Gasteiger partial charge < -0.3 is 9.47 Å². The van der Waals surface area contributed by atoms with Crippen LogP contribution < -0.4 is 0 Å². The van der Waals surface area contributed by atoms with E-state index in [1.807, 2.05) is 0 Å². The van der Waals surface area contributed by atoms with Crippen molar-refractivity contribution in [2.45, 2.75) is 19.1 Å². The van der Waals surface area contributed by atoms with Crippen LogP contribution in [0, 0.1) is 0 Å². The van der Waals surface area contributed by atoms with Crippen molar-refractivity contribution < 1.29 is 14.3 Å². The monoisotopic (exact) mass is 194 g/mol. The minimum Gasteiger partial charge on any atom is -0.427 e. The van der Waals surface area contributed by atoms with Gasteiger partial charge in [-0.1, -0.05) is 15.9 Å². The SMILES string of the molecule is CC1OC(=O)OC1CBr. The van der Waals surface area contributed by atoms with Crippen LogP contribution in [-0.4, -0.2) is 23.7 Å². The van der Waals surface area contributed by atoms with Gasteiger partial charge in [0.25, 0.3) is 0 Å². The fourth-order valence-electron chi connectivity index (χ4n) is 0.632. The fourth-order valence-corrected chi connectivity index (χ4v) is 1.29. The Hall–Kier alpha value is -0.250. The largest absolute Gasteiger partial charge is 0.509 e. The molecule has 0 bridgehead atoms. The molecule has 1 fully saturated rings. The first-order valence-electron chi connectivity index (χ1n) is 2.67. The number of carbonyl (C=O) groups is 1. The highest BCUT2D eigenvalue weighted by Crippen LogP contribution is 2.15. The first-order chi connectivity index (χ1) is 4.24. The van der Waals surface area contributed by atoms with E-state index in [0.717, 1.165) is 0 Å². The summed E-state index contributed by atoms with van der Waals surface area (Å²) in [5, 5.41) is 0.639. The lowest BCUT2D eigenvalue weighted by atomic mass is 10.3. The van der Waals surface area contributed by atoms with Crippen LogP contribution in [0.1, 0.15) is 6.92 Å². The van der Waals surface area contributed by atoms with E-state index in [-0.39, 0.29) is 12.2 Å². The highest BCUT2D eigenvalue weighted by atomic mass is 79.9. The van der Waals surface area contributed by atoms with E-state index < -0.39 is 6.16 Å². The van der Waals surface area contributed by atoms with Crippen LogP contribution >= 0.6 is 15.9 Å². The van der Waals surface area contributed by atoms with Crippen molar-refractivity contribution in [2.75, 3.05) is 5.33 Å². The average Bonchev–Trinajstić information content (AvgIpc) is 2.10. The maximum atomic E-state index is 10.4. The molecule has 0 aromatic carbocycles. The number of cyclic esters (lactones) is 2. The maximum absolute atomic E-state index is 10.4. The molecule has 0 aromatic rings. The molecule has 1 heterocycles. The third kappa shape index (κ3) is 1.36. The number of alkyl halides is 1. The zero-order valence-electron chi connectivity index (χ0n) is 4.96. The molecule has 0 amide bonds. The van der Waals surface area contributed by atoms with Crippen LogP contribution in [0.2, 0.25) is 0 Å². The highest BCUT2D eigenvalue weighted by molar-refractivity contribution is 9.09. The van der Waals surface area contributed by atoms with Crippen LogP contribution in [-0.2, 0) is 9.47 Å². The standard InChI is InChI=1S/C5H7BrO3/c1-3-4(2-6)9-5(7)8-3/h3-4H,2H2,1H3. The summed E-state index contributed by atoms with van der Waals surface area (Å²) in [6.07, 6.45) is -0.790. The van der Waals surface area contributed by atoms with Gasteiger partial charge in [-0.3, -0.25) is 0 Å². The van der Waals surface area contributed by atoms with E-state index in [4.69, 9.17) is 4.74 Å². The first-order valence-corrected chi connectivity index (χ1v) is 3.79. The average molecular weight is 195 g/mol. The van der Waals surface area contributed by atoms with Gasteiger partial charge in [0, 0.05) is 5.33 Å². The Balaban J connectivity index is 2.47. The molecule has 52 valence electrons. The third-order valence-electron chi connectivity index (χ3n) is 1.21. The Morgan fingerprint density at radius 2 is 2.33 bits per heavy atom. The van der Waals surface area contributed by atoms with E-state index >= 15 is 0 Å². The molecule has 3 nitrogen and oxygen atoms in total. The zero-order chi connectivity index (χ0) is 6.85. The summed E-state index contributed by atoms with van der Waals surface area (Å²) >= 11 is 3.19. The summed E-state index contributed by atoms with van der Waals surface area (Å²) in [5.41, 5.74) is 0. The molecule has 0 radical (unpaired) electrons. The summed E-state index contributed by atoms with van der Waals surface area (Å²) in [4.78, 5) is 10.4. The molecule has 9 heavy (non-hydrogen) atoms. The lowest BCUT2D eigenvalue weighted by molar-refractivity contribution is 0.119. The van der Waals surface area contributed by atoms with Gasteiger partial charge in [0.2, 0.25) is 0 Å². The summed E-state index contributed by atoms with van der Waals surface area (Å²) < 4.78 is 9.39. The predicted molar refractivity (Wildman–Crippen MR) is 34.6 cm³/mol. The van der Waals surface area contributed by atoms with E-state index in [0.29, 0.717) is 5.33 Å². The van der Waals surface area contributed by atoms with Crippen molar-refractivity contribution in [1.82, 2.24) is 0 Å². The predicted octanol–water partition coefficient (Wildman–Crippen LogP) is 1.31. The van der Waals surface area contributed by atoms with E-state index in [2.05, 4.69) is 20.7 Å². The van der Waals surface area contributed by atoms with Gasteiger partial charge in [0.05, 0.1) is 0 Å². The van der Waals surface area contributed by atoms with Crippen molar-refractivity contribution in [3.05, 3.63) is 0 Å². The molecule has 0 saturated carbocycles. The Morgan fingerprint density at radius 3 is 2.56 bits per heavy atom. The minimum atomic E-state index is -0.563. The Kier molecular flexibility index (Phi) is 1.95. The molecule has 1 saturated heterocycles. The van der Waals surface area contributed by atoms with Gasteiger partial charge in [-0.05, 0) is 6.92 Å². The van der Waals surface area contributed by atoms with Crippen LogP contribution in [0.4, 0.5) is 4.79 Å². The first kappa shape index (κ1) is 6.86. The molecule has 0 N–H and O–H groups in total. The zero-order valence-corrected chi connectivity index (χ0v) is 6.55. The second kappa shape index (κ2) is 2.56. The smallest absolute Gasteiger partial charge is 0.427 e. The van der Waals surface area contributed by atoms with E-state index in [9.17, 15) is 4.79 Å². The minimum absolute atomic E-state index is 0.113. The third-order valence-corrected chi connectivity index (χ3v) is 1.84. The van der Waals surface area contributed by atoms with Gasteiger partial charge in [-0.2, -0.15) is 0 Å². The molecule has 1 aliphatic heterocycles. The molecule has 1 aliphatic rings. The normalized spacial score (nSPS) is 33.8. The lowest BCUT2D eigenvalue weighted by Crippen LogP contribution is -2.19. The maximum Gasteiger partial charge on any atom is 0.509 e. The van der Waals surface area contributed by atoms with Gasteiger partial charge in [0.15, 0.2) is 6.10 Å². The topological polar surface area (TPSA) is 35.5 Å². The van der Waals surface area contributed by atoms with E-state index in [1.165, 1.54) is 0 Å². The molecular weight excluding hydrogens is 188 g/mol. The fraction of sp³-hybridized carbons (Fsp3) is 0.800. The summed E-state index contributed by atoms with van der Waals surface area (Å²) in [6.45, 7) is 1.80. The highest BCUT2D eigenvalue weighted by Gasteiger charge is 2.31. The molecule has 4 heteroatoms. The molecule has 0 aromatic heterocycles. The van der Waals surface area contributed by atoms with Gasteiger partial charge in [-0.15, -0.1) is 0 Å².